The van der Waals surface area contributed by atoms with Crippen LogP contribution in [-0.2, 0) is 4.79 Å². The molecule has 0 aromatic heterocycles. The van der Waals surface area contributed by atoms with Gasteiger partial charge in [-0.2, -0.15) is 0 Å². The molecule has 15 heavy (non-hydrogen) atoms. The number of carbonyl (C=O) groups is 1. The number of hydrogen-bond donors (Lipinski definition) is 2. The molecule has 0 saturated carbocycles. The number of carbonyl (C=O) groups excluding carboxylic acids is 1. The van der Waals surface area contributed by atoms with Crippen molar-refractivity contribution in [2.24, 2.45) is 0 Å². The fourth-order valence-corrected chi connectivity index (χ4v) is 1.15. The third kappa shape index (κ3) is 9.69. The van der Waals surface area contributed by atoms with E-state index in [4.69, 9.17) is 0 Å². The van der Waals surface area contributed by atoms with Gasteiger partial charge in [0.25, 0.3) is 0 Å². The molecule has 0 spiro atoms. The highest BCUT2D eigenvalue weighted by atomic mass is 16.1. The molecule has 0 bridgehead atoms. The van der Waals surface area contributed by atoms with Crippen LogP contribution in [0.4, 0.5) is 0 Å². The molecule has 4 heteroatoms. The van der Waals surface area contributed by atoms with Crippen LogP contribution in [0.1, 0.15) is 27.2 Å². The Morgan fingerprint density at radius 3 is 2.33 bits per heavy atom. The topological polar surface area (TPSA) is 44.4 Å². The molecule has 1 atom stereocenters. The Labute approximate surface area is 93.4 Å². The maximum absolute atomic E-state index is 11.4. The maximum atomic E-state index is 11.4. The fourth-order valence-electron chi connectivity index (χ4n) is 1.15. The molecule has 1 unspecified atom stereocenters. The minimum atomic E-state index is 0.0787. The summed E-state index contributed by atoms with van der Waals surface area (Å²) < 4.78 is 0. The molecule has 0 heterocycles. The van der Waals surface area contributed by atoms with E-state index >= 15 is 0 Å². The number of rotatable bonds is 7. The lowest BCUT2D eigenvalue weighted by Gasteiger charge is -2.17. The average molecular weight is 215 g/mol. The van der Waals surface area contributed by atoms with E-state index in [1.54, 1.807) is 0 Å². The molecule has 0 aromatic carbocycles. The smallest absolute Gasteiger partial charge is 0.234 e. The summed E-state index contributed by atoms with van der Waals surface area (Å²) in [7, 11) is 4.07. The van der Waals surface area contributed by atoms with Crippen molar-refractivity contribution in [3.05, 3.63) is 0 Å². The summed E-state index contributed by atoms with van der Waals surface area (Å²) in [6, 6.07) is 0.599. The van der Waals surface area contributed by atoms with Gasteiger partial charge in [0.15, 0.2) is 0 Å². The van der Waals surface area contributed by atoms with E-state index in [0.29, 0.717) is 12.6 Å². The van der Waals surface area contributed by atoms with E-state index in [1.165, 1.54) is 0 Å². The molecule has 0 aliphatic heterocycles. The van der Waals surface area contributed by atoms with Crippen LogP contribution in [0.3, 0.4) is 0 Å². The van der Waals surface area contributed by atoms with Gasteiger partial charge in [0.1, 0.15) is 0 Å². The Kier molecular flexibility index (Phi) is 7.34. The standard InChI is InChI=1S/C11H25N3O/c1-9(2)12-8-11(15)13-10(3)6-7-14(4)5/h9-10,12H,6-8H2,1-5H3,(H,13,15). The van der Waals surface area contributed by atoms with Crippen LogP contribution in [0.5, 0.6) is 0 Å². The second-order valence-corrected chi connectivity index (χ2v) is 4.60. The SMILES string of the molecule is CC(C)NCC(=O)NC(C)CCN(C)C. The first-order valence-corrected chi connectivity index (χ1v) is 5.59. The summed E-state index contributed by atoms with van der Waals surface area (Å²) in [5.41, 5.74) is 0. The zero-order valence-electron chi connectivity index (χ0n) is 10.6. The summed E-state index contributed by atoms with van der Waals surface area (Å²) >= 11 is 0. The van der Waals surface area contributed by atoms with E-state index in [-0.39, 0.29) is 11.9 Å². The normalized spacial score (nSPS) is 13.3. The van der Waals surface area contributed by atoms with Crippen LogP contribution in [0.2, 0.25) is 0 Å². The van der Waals surface area contributed by atoms with Crippen molar-refractivity contribution in [3.63, 3.8) is 0 Å². The molecule has 90 valence electrons. The van der Waals surface area contributed by atoms with E-state index in [0.717, 1.165) is 13.0 Å². The van der Waals surface area contributed by atoms with E-state index in [9.17, 15) is 4.79 Å². The van der Waals surface area contributed by atoms with Crippen LogP contribution in [-0.4, -0.2) is 50.1 Å². The van der Waals surface area contributed by atoms with Gasteiger partial charge in [-0.3, -0.25) is 4.79 Å². The monoisotopic (exact) mass is 215 g/mol. The Morgan fingerprint density at radius 2 is 1.87 bits per heavy atom. The summed E-state index contributed by atoms with van der Waals surface area (Å²) in [4.78, 5) is 13.5. The Bertz CT molecular complexity index is 181. The number of hydrogen-bond acceptors (Lipinski definition) is 3. The van der Waals surface area contributed by atoms with Crippen LogP contribution >= 0.6 is 0 Å². The predicted octanol–water partition coefficient (Wildman–Crippen LogP) is 0.441. The lowest BCUT2D eigenvalue weighted by molar-refractivity contribution is -0.121. The third-order valence-corrected chi connectivity index (χ3v) is 2.09. The Morgan fingerprint density at radius 1 is 1.27 bits per heavy atom. The van der Waals surface area contributed by atoms with Crippen LogP contribution < -0.4 is 10.6 Å². The minimum Gasteiger partial charge on any atom is -0.352 e. The summed E-state index contributed by atoms with van der Waals surface area (Å²) in [5, 5.41) is 6.06. The Balaban J connectivity index is 3.57. The van der Waals surface area contributed by atoms with Gasteiger partial charge >= 0.3 is 0 Å². The number of nitrogens with one attached hydrogen (secondary N) is 2. The van der Waals surface area contributed by atoms with Crippen LogP contribution in [0.15, 0.2) is 0 Å². The van der Waals surface area contributed by atoms with Gasteiger partial charge in [-0.15, -0.1) is 0 Å². The second kappa shape index (κ2) is 7.65. The van der Waals surface area contributed by atoms with Gasteiger partial charge in [-0.05, 0) is 34.0 Å². The molecule has 0 rings (SSSR count). The van der Waals surface area contributed by atoms with E-state index in [1.807, 2.05) is 34.9 Å². The molecule has 0 saturated heterocycles. The summed E-state index contributed by atoms with van der Waals surface area (Å²) in [5.74, 6) is 0.0787. The quantitative estimate of drug-likeness (QED) is 0.648. The number of amides is 1. The first kappa shape index (κ1) is 14.4. The second-order valence-electron chi connectivity index (χ2n) is 4.60. The van der Waals surface area contributed by atoms with Gasteiger partial charge < -0.3 is 15.5 Å². The van der Waals surface area contributed by atoms with Crippen molar-refractivity contribution in [3.8, 4) is 0 Å². The lowest BCUT2D eigenvalue weighted by Crippen LogP contribution is -2.41. The zero-order chi connectivity index (χ0) is 11.8. The molecule has 0 aliphatic carbocycles. The van der Waals surface area contributed by atoms with Crippen LogP contribution in [0, 0.1) is 0 Å². The van der Waals surface area contributed by atoms with Crippen molar-refractivity contribution in [1.29, 1.82) is 0 Å². The highest BCUT2D eigenvalue weighted by Crippen LogP contribution is 1.91. The first-order chi connectivity index (χ1) is 6.91. The highest BCUT2D eigenvalue weighted by molar-refractivity contribution is 5.78. The van der Waals surface area contributed by atoms with Gasteiger partial charge in [0.2, 0.25) is 5.91 Å². The lowest BCUT2D eigenvalue weighted by atomic mass is 10.2. The molecule has 4 nitrogen and oxygen atoms in total. The van der Waals surface area contributed by atoms with Gasteiger partial charge in [0.05, 0.1) is 6.54 Å². The highest BCUT2D eigenvalue weighted by Gasteiger charge is 2.07. The third-order valence-electron chi connectivity index (χ3n) is 2.09. The molecule has 1 amide bonds. The van der Waals surface area contributed by atoms with Crippen molar-refractivity contribution in [2.75, 3.05) is 27.2 Å². The summed E-state index contributed by atoms with van der Waals surface area (Å²) in [6.45, 7) is 7.51. The van der Waals surface area contributed by atoms with Gasteiger partial charge in [0, 0.05) is 12.1 Å². The molecular weight excluding hydrogens is 190 g/mol. The predicted molar refractivity (Wildman–Crippen MR) is 63.9 cm³/mol. The largest absolute Gasteiger partial charge is 0.352 e. The van der Waals surface area contributed by atoms with E-state index < -0.39 is 0 Å². The van der Waals surface area contributed by atoms with Crippen molar-refractivity contribution >= 4 is 5.91 Å². The van der Waals surface area contributed by atoms with Crippen molar-refractivity contribution < 1.29 is 4.79 Å². The minimum absolute atomic E-state index is 0.0787. The van der Waals surface area contributed by atoms with E-state index in [2.05, 4.69) is 15.5 Å². The molecule has 0 aliphatic rings. The van der Waals surface area contributed by atoms with Gasteiger partial charge in [-0.25, -0.2) is 0 Å². The summed E-state index contributed by atoms with van der Waals surface area (Å²) in [6.07, 6.45) is 0.987. The fraction of sp³-hybridized carbons (Fsp3) is 0.909. The maximum Gasteiger partial charge on any atom is 0.234 e. The molecule has 0 radical (unpaired) electrons. The van der Waals surface area contributed by atoms with Crippen molar-refractivity contribution in [1.82, 2.24) is 15.5 Å². The Hall–Kier alpha value is -0.610. The van der Waals surface area contributed by atoms with Crippen LogP contribution in [0.25, 0.3) is 0 Å². The molecule has 0 aromatic rings. The molecule has 0 fully saturated rings. The van der Waals surface area contributed by atoms with Crippen molar-refractivity contribution in [2.45, 2.75) is 39.3 Å². The molecule has 2 N–H and O–H groups in total. The zero-order valence-corrected chi connectivity index (χ0v) is 10.6. The number of nitrogens with zero attached hydrogens (tertiary/aromatic N) is 1. The molecular formula is C11H25N3O. The van der Waals surface area contributed by atoms with Gasteiger partial charge in [-0.1, -0.05) is 13.8 Å². The average Bonchev–Trinajstić information content (AvgIpc) is 2.11. The first-order valence-electron chi connectivity index (χ1n) is 5.59.